The maximum Gasteiger partial charge on any atom is 0.148 e. The number of aromatic nitrogens is 2. The second-order valence-corrected chi connectivity index (χ2v) is 4.27. The van der Waals surface area contributed by atoms with Crippen LogP contribution in [0, 0.1) is 5.82 Å². The van der Waals surface area contributed by atoms with Crippen LogP contribution in [0.2, 0.25) is 0 Å². The minimum absolute atomic E-state index is 0. The summed E-state index contributed by atoms with van der Waals surface area (Å²) in [5, 5.41) is 7.42. The molecule has 1 aromatic heterocycles. The first kappa shape index (κ1) is 13.3. The Hall–Kier alpha value is -1.17. The molecule has 2 heterocycles. The van der Waals surface area contributed by atoms with Gasteiger partial charge in [-0.05, 0) is 18.2 Å². The lowest BCUT2D eigenvalue weighted by Gasteiger charge is -2.22. The van der Waals surface area contributed by atoms with E-state index >= 15 is 0 Å². The summed E-state index contributed by atoms with van der Waals surface area (Å²) < 4.78 is 21.0. The van der Waals surface area contributed by atoms with Crippen LogP contribution in [0.15, 0.2) is 18.2 Å². The third kappa shape index (κ3) is 2.09. The van der Waals surface area contributed by atoms with Gasteiger partial charge in [0.25, 0.3) is 0 Å². The van der Waals surface area contributed by atoms with Crippen molar-refractivity contribution >= 4 is 10.9 Å². The third-order valence-electron chi connectivity index (χ3n) is 3.12. The maximum atomic E-state index is 13.3. The highest BCUT2D eigenvalue weighted by molar-refractivity contribution is 5.82. The summed E-state index contributed by atoms with van der Waals surface area (Å²) >= 11 is 0. The molecule has 0 bridgehead atoms. The lowest BCUT2D eigenvalue weighted by atomic mass is 10.1. The molecule has 0 fully saturated rings. The van der Waals surface area contributed by atoms with Gasteiger partial charge in [0.1, 0.15) is 18.5 Å². The normalized spacial score (nSPS) is 18.4. The van der Waals surface area contributed by atoms with E-state index in [9.17, 15) is 4.39 Å². The molecule has 1 atom stereocenters. The Balaban J connectivity index is 0.00000120. The SMILES string of the molecule is C[NH2+]CC1OCCn2nc3ccc(F)cc3c21.[Cl-]. The van der Waals surface area contributed by atoms with Gasteiger partial charge >= 0.3 is 0 Å². The second kappa shape index (κ2) is 5.22. The van der Waals surface area contributed by atoms with Gasteiger partial charge in [-0.1, -0.05) is 0 Å². The average Bonchev–Trinajstić information content (AvgIpc) is 2.68. The minimum atomic E-state index is -0.224. The van der Waals surface area contributed by atoms with Gasteiger partial charge in [0.2, 0.25) is 0 Å². The molecule has 2 N–H and O–H groups in total. The van der Waals surface area contributed by atoms with Crippen LogP contribution in [0.5, 0.6) is 0 Å². The van der Waals surface area contributed by atoms with Crippen molar-refractivity contribution < 1.29 is 26.9 Å². The van der Waals surface area contributed by atoms with Crippen LogP contribution in [-0.4, -0.2) is 30.0 Å². The van der Waals surface area contributed by atoms with E-state index in [2.05, 4.69) is 10.4 Å². The Kier molecular flexibility index (Phi) is 3.85. The number of rotatable bonds is 2. The fraction of sp³-hybridized carbons (Fsp3) is 0.417. The van der Waals surface area contributed by atoms with Crippen LogP contribution in [0.25, 0.3) is 10.9 Å². The van der Waals surface area contributed by atoms with Gasteiger partial charge in [0, 0.05) is 5.39 Å². The first-order valence-corrected chi connectivity index (χ1v) is 5.85. The van der Waals surface area contributed by atoms with Crippen LogP contribution in [-0.2, 0) is 11.3 Å². The van der Waals surface area contributed by atoms with E-state index in [1.54, 1.807) is 12.1 Å². The Morgan fingerprint density at radius 2 is 2.39 bits per heavy atom. The van der Waals surface area contributed by atoms with Gasteiger partial charge in [-0.25, -0.2) is 4.39 Å². The molecular weight excluding hydrogens is 257 g/mol. The van der Waals surface area contributed by atoms with Gasteiger partial charge in [-0.3, -0.25) is 4.68 Å². The Bertz CT molecular complexity index is 557. The molecule has 98 valence electrons. The number of benzene rings is 1. The zero-order valence-corrected chi connectivity index (χ0v) is 10.8. The first-order chi connectivity index (χ1) is 8.29. The Labute approximate surface area is 111 Å². The highest BCUT2D eigenvalue weighted by atomic mass is 35.5. The molecule has 4 nitrogen and oxygen atoms in total. The molecule has 1 aliphatic rings. The zero-order valence-electron chi connectivity index (χ0n) is 10.1. The molecule has 3 rings (SSSR count). The maximum absolute atomic E-state index is 13.3. The van der Waals surface area contributed by atoms with E-state index in [0.717, 1.165) is 29.7 Å². The van der Waals surface area contributed by atoms with Crippen molar-refractivity contribution in [2.24, 2.45) is 0 Å². The lowest BCUT2D eigenvalue weighted by molar-refractivity contribution is -0.635. The zero-order chi connectivity index (χ0) is 11.8. The van der Waals surface area contributed by atoms with Crippen molar-refractivity contribution in [1.82, 2.24) is 9.78 Å². The van der Waals surface area contributed by atoms with Crippen LogP contribution >= 0.6 is 0 Å². The fourth-order valence-corrected chi connectivity index (χ4v) is 2.39. The standard InChI is InChI=1S/C12H14FN3O.ClH/c1-14-7-11-12-9-6-8(13)2-3-10(9)15-16(12)4-5-17-11;/h2-3,6,11,14H,4-5,7H2,1H3;1H. The largest absolute Gasteiger partial charge is 1.00 e. The second-order valence-electron chi connectivity index (χ2n) is 4.27. The highest BCUT2D eigenvalue weighted by Crippen LogP contribution is 2.29. The van der Waals surface area contributed by atoms with Crippen molar-refractivity contribution in [3.63, 3.8) is 0 Å². The number of ether oxygens (including phenoxy) is 1. The summed E-state index contributed by atoms with van der Waals surface area (Å²) in [6.45, 7) is 2.24. The topological polar surface area (TPSA) is 43.7 Å². The summed E-state index contributed by atoms with van der Waals surface area (Å²) in [5.74, 6) is -0.224. The molecule has 18 heavy (non-hydrogen) atoms. The molecule has 0 aliphatic carbocycles. The quantitative estimate of drug-likeness (QED) is 0.653. The molecule has 1 unspecified atom stereocenters. The number of fused-ring (bicyclic) bond motifs is 3. The molecule has 1 aliphatic heterocycles. The molecule has 6 heteroatoms. The number of halogens is 2. The van der Waals surface area contributed by atoms with E-state index in [1.807, 2.05) is 11.7 Å². The molecule has 0 saturated heterocycles. The monoisotopic (exact) mass is 271 g/mol. The predicted octanol–water partition coefficient (Wildman–Crippen LogP) is -2.56. The van der Waals surface area contributed by atoms with E-state index in [4.69, 9.17) is 4.74 Å². The van der Waals surface area contributed by atoms with Gasteiger partial charge < -0.3 is 22.5 Å². The van der Waals surface area contributed by atoms with Gasteiger partial charge in [0.05, 0.1) is 31.4 Å². The molecule has 2 aromatic rings. The number of likely N-dealkylation sites (N-methyl/N-ethyl adjacent to an activating group) is 1. The van der Waals surface area contributed by atoms with E-state index < -0.39 is 0 Å². The summed E-state index contributed by atoms with van der Waals surface area (Å²) in [6, 6.07) is 4.72. The van der Waals surface area contributed by atoms with Gasteiger partial charge in [-0.2, -0.15) is 5.10 Å². The number of nitrogens with two attached hydrogens (primary N) is 1. The Morgan fingerprint density at radius 1 is 1.56 bits per heavy atom. The smallest absolute Gasteiger partial charge is 0.148 e. The average molecular weight is 272 g/mol. The molecule has 0 amide bonds. The summed E-state index contributed by atoms with van der Waals surface area (Å²) in [4.78, 5) is 0. The first-order valence-electron chi connectivity index (χ1n) is 5.85. The predicted molar refractivity (Wildman–Crippen MR) is 61.1 cm³/mol. The summed E-state index contributed by atoms with van der Waals surface area (Å²) in [5.41, 5.74) is 1.84. The van der Waals surface area contributed by atoms with Gasteiger partial charge in [-0.15, -0.1) is 0 Å². The fourth-order valence-electron chi connectivity index (χ4n) is 2.39. The van der Waals surface area contributed by atoms with Gasteiger partial charge in [0.15, 0.2) is 0 Å². The van der Waals surface area contributed by atoms with Crippen molar-refractivity contribution in [2.75, 3.05) is 20.2 Å². The highest BCUT2D eigenvalue weighted by Gasteiger charge is 2.26. The third-order valence-corrected chi connectivity index (χ3v) is 3.12. The van der Waals surface area contributed by atoms with E-state index in [1.165, 1.54) is 6.07 Å². The van der Waals surface area contributed by atoms with Crippen molar-refractivity contribution in [3.05, 3.63) is 29.7 Å². The molecular formula is C12H15ClFN3O. The Morgan fingerprint density at radius 3 is 3.17 bits per heavy atom. The summed E-state index contributed by atoms with van der Waals surface area (Å²) in [6.07, 6.45) is 0.000509. The van der Waals surface area contributed by atoms with Crippen molar-refractivity contribution in [1.29, 1.82) is 0 Å². The molecule has 1 aromatic carbocycles. The van der Waals surface area contributed by atoms with Crippen LogP contribution in [0.4, 0.5) is 4.39 Å². The van der Waals surface area contributed by atoms with Crippen molar-refractivity contribution in [3.8, 4) is 0 Å². The number of hydrogen-bond acceptors (Lipinski definition) is 2. The molecule has 0 saturated carbocycles. The van der Waals surface area contributed by atoms with Crippen LogP contribution in [0.1, 0.15) is 11.8 Å². The van der Waals surface area contributed by atoms with Crippen molar-refractivity contribution in [2.45, 2.75) is 12.6 Å². The number of nitrogens with zero attached hydrogens (tertiary/aromatic N) is 2. The summed E-state index contributed by atoms with van der Waals surface area (Å²) in [7, 11) is 2.00. The van der Waals surface area contributed by atoms with E-state index in [0.29, 0.717) is 6.61 Å². The number of quaternary nitrogens is 1. The lowest BCUT2D eigenvalue weighted by Crippen LogP contribution is -3.00. The number of hydrogen-bond donors (Lipinski definition) is 1. The molecule has 0 radical (unpaired) electrons. The van der Waals surface area contributed by atoms with Crippen LogP contribution in [0.3, 0.4) is 0 Å². The van der Waals surface area contributed by atoms with E-state index in [-0.39, 0.29) is 24.3 Å². The van der Waals surface area contributed by atoms with Crippen LogP contribution < -0.4 is 17.7 Å². The minimum Gasteiger partial charge on any atom is -1.00 e. The molecule has 0 spiro atoms.